The van der Waals surface area contributed by atoms with Gasteiger partial charge in [-0.2, -0.15) is 5.10 Å². The van der Waals surface area contributed by atoms with Crippen LogP contribution in [0.1, 0.15) is 31.8 Å². The molecule has 0 aliphatic rings. The zero-order valence-electron chi connectivity index (χ0n) is 15.8. The maximum Gasteiger partial charge on any atom is 0.271 e. The Hall–Kier alpha value is -3.35. The molecule has 0 saturated heterocycles. The van der Waals surface area contributed by atoms with Crippen molar-refractivity contribution < 1.29 is 14.7 Å². The highest BCUT2D eigenvalue weighted by atomic mass is 35.5. The smallest absolute Gasteiger partial charge is 0.271 e. The molecule has 0 spiro atoms. The topological polar surface area (TPSA) is 90.8 Å². The molecule has 30 heavy (non-hydrogen) atoms. The van der Waals surface area contributed by atoms with Crippen molar-refractivity contribution in [1.82, 2.24) is 5.43 Å². The lowest BCUT2D eigenvalue weighted by atomic mass is 10.1. The number of halogens is 2. The van der Waals surface area contributed by atoms with E-state index in [0.717, 1.165) is 5.56 Å². The first-order valence-electron chi connectivity index (χ1n) is 8.83. The Labute approximate surface area is 183 Å². The van der Waals surface area contributed by atoms with Gasteiger partial charge in [-0.1, -0.05) is 40.9 Å². The van der Waals surface area contributed by atoms with Crippen LogP contribution in [0.2, 0.25) is 10.0 Å². The van der Waals surface area contributed by atoms with Crippen LogP contribution >= 0.6 is 23.2 Å². The van der Waals surface area contributed by atoms with Gasteiger partial charge >= 0.3 is 0 Å². The van der Waals surface area contributed by atoms with Gasteiger partial charge < -0.3 is 10.4 Å². The van der Waals surface area contributed by atoms with Crippen LogP contribution in [0.5, 0.6) is 5.75 Å². The van der Waals surface area contributed by atoms with Crippen molar-refractivity contribution in [1.29, 1.82) is 0 Å². The van der Waals surface area contributed by atoms with E-state index in [4.69, 9.17) is 23.2 Å². The molecule has 0 unspecified atom stereocenters. The number of nitrogens with zero attached hydrogens (tertiary/aromatic N) is 1. The van der Waals surface area contributed by atoms with Gasteiger partial charge in [-0.15, -0.1) is 0 Å². The molecule has 0 fully saturated rings. The summed E-state index contributed by atoms with van der Waals surface area (Å²) < 4.78 is 0. The van der Waals surface area contributed by atoms with Crippen molar-refractivity contribution >= 4 is 46.9 Å². The Kier molecular flexibility index (Phi) is 6.72. The molecule has 0 radical (unpaired) electrons. The van der Waals surface area contributed by atoms with Gasteiger partial charge in [-0.25, -0.2) is 5.43 Å². The summed E-state index contributed by atoms with van der Waals surface area (Å²) in [5.41, 5.74) is 5.06. The van der Waals surface area contributed by atoms with Crippen molar-refractivity contribution in [2.24, 2.45) is 5.10 Å². The number of phenols is 1. The quantitative estimate of drug-likeness (QED) is 0.383. The van der Waals surface area contributed by atoms with E-state index in [2.05, 4.69) is 15.8 Å². The number of hydrazone groups is 1. The molecule has 3 rings (SSSR count). The van der Waals surface area contributed by atoms with E-state index >= 15 is 0 Å². The highest BCUT2D eigenvalue weighted by Crippen LogP contribution is 2.29. The lowest BCUT2D eigenvalue weighted by molar-refractivity contribution is 0.0954. The van der Waals surface area contributed by atoms with Crippen LogP contribution in [-0.4, -0.2) is 23.1 Å². The van der Waals surface area contributed by atoms with E-state index in [1.165, 1.54) is 18.3 Å². The molecule has 0 heterocycles. The molecule has 6 nitrogen and oxygen atoms in total. The van der Waals surface area contributed by atoms with Crippen LogP contribution < -0.4 is 10.7 Å². The molecule has 0 atom stereocenters. The van der Waals surface area contributed by atoms with Gasteiger partial charge in [-0.05, 0) is 55.5 Å². The standard InChI is InChI=1S/C22H17Cl2N3O3/c1-13-3-2-4-15(9-13)21(29)26-18-7-5-14(6-8-18)22(30)27-25-12-16-10-17(23)11-19(24)20(16)28/h2-12,28H,1H3,(H,26,29)(H,27,30). The molecular formula is C22H17Cl2N3O3. The second-order valence-corrected chi connectivity index (χ2v) is 7.27. The summed E-state index contributed by atoms with van der Waals surface area (Å²) in [6, 6.07) is 16.5. The molecule has 0 saturated carbocycles. The van der Waals surface area contributed by atoms with E-state index in [1.54, 1.807) is 36.4 Å². The SMILES string of the molecule is Cc1cccc(C(=O)Nc2ccc(C(=O)NN=Cc3cc(Cl)cc(Cl)c3O)cc2)c1. The number of carbonyl (C=O) groups is 2. The van der Waals surface area contributed by atoms with E-state index in [-0.39, 0.29) is 22.2 Å². The predicted molar refractivity (Wildman–Crippen MR) is 119 cm³/mol. The third-order valence-corrected chi connectivity index (χ3v) is 4.62. The number of amides is 2. The largest absolute Gasteiger partial charge is 0.506 e. The maximum atomic E-state index is 12.3. The average Bonchev–Trinajstić information content (AvgIpc) is 2.72. The molecule has 8 heteroatoms. The van der Waals surface area contributed by atoms with E-state index in [9.17, 15) is 14.7 Å². The van der Waals surface area contributed by atoms with Crippen molar-refractivity contribution in [3.63, 3.8) is 0 Å². The van der Waals surface area contributed by atoms with Gasteiger partial charge in [0.15, 0.2) is 0 Å². The minimum Gasteiger partial charge on any atom is -0.506 e. The first-order valence-corrected chi connectivity index (χ1v) is 9.58. The van der Waals surface area contributed by atoms with Gasteiger partial charge in [0.2, 0.25) is 0 Å². The van der Waals surface area contributed by atoms with E-state index in [0.29, 0.717) is 21.8 Å². The monoisotopic (exact) mass is 441 g/mol. The van der Waals surface area contributed by atoms with Crippen molar-refractivity contribution in [3.8, 4) is 5.75 Å². The van der Waals surface area contributed by atoms with Crippen LogP contribution in [0.4, 0.5) is 5.69 Å². The van der Waals surface area contributed by atoms with Crippen LogP contribution in [0.15, 0.2) is 65.8 Å². The minimum absolute atomic E-state index is 0.0820. The summed E-state index contributed by atoms with van der Waals surface area (Å²) in [4.78, 5) is 24.5. The van der Waals surface area contributed by atoms with Gasteiger partial charge in [-0.3, -0.25) is 9.59 Å². The zero-order chi connectivity index (χ0) is 21.7. The number of phenolic OH excluding ortho intramolecular Hbond substituents is 1. The van der Waals surface area contributed by atoms with Crippen molar-refractivity contribution in [2.75, 3.05) is 5.32 Å². The molecule has 0 aliphatic heterocycles. The normalized spacial score (nSPS) is 10.8. The summed E-state index contributed by atoms with van der Waals surface area (Å²) in [5, 5.41) is 16.9. The number of aryl methyl sites for hydroxylation is 1. The number of anilines is 1. The molecule has 3 aromatic rings. The highest BCUT2D eigenvalue weighted by molar-refractivity contribution is 6.36. The molecule has 3 aromatic carbocycles. The number of benzene rings is 3. The summed E-state index contributed by atoms with van der Waals surface area (Å²) in [6.07, 6.45) is 1.24. The molecule has 0 aliphatic carbocycles. The fourth-order valence-electron chi connectivity index (χ4n) is 2.60. The van der Waals surface area contributed by atoms with E-state index in [1.807, 2.05) is 19.1 Å². The Morgan fingerprint density at radius 2 is 1.70 bits per heavy atom. The zero-order valence-corrected chi connectivity index (χ0v) is 17.3. The summed E-state index contributed by atoms with van der Waals surface area (Å²) in [6.45, 7) is 1.91. The lowest BCUT2D eigenvalue weighted by Gasteiger charge is -2.07. The number of aromatic hydroxyl groups is 1. The van der Waals surface area contributed by atoms with Gasteiger partial charge in [0.1, 0.15) is 5.75 Å². The van der Waals surface area contributed by atoms with Gasteiger partial charge in [0.05, 0.1) is 11.2 Å². The molecular weight excluding hydrogens is 425 g/mol. The minimum atomic E-state index is -0.463. The molecule has 0 bridgehead atoms. The third kappa shape index (κ3) is 5.37. The first-order chi connectivity index (χ1) is 14.3. The second-order valence-electron chi connectivity index (χ2n) is 6.43. The highest BCUT2D eigenvalue weighted by Gasteiger charge is 2.09. The molecule has 0 aromatic heterocycles. The van der Waals surface area contributed by atoms with Gasteiger partial charge in [0.25, 0.3) is 11.8 Å². The van der Waals surface area contributed by atoms with Crippen molar-refractivity contribution in [2.45, 2.75) is 6.92 Å². The number of carbonyl (C=O) groups excluding carboxylic acids is 2. The Morgan fingerprint density at radius 1 is 0.967 bits per heavy atom. The molecule has 3 N–H and O–H groups in total. The summed E-state index contributed by atoms with van der Waals surface area (Å²) in [7, 11) is 0. The first kappa shape index (κ1) is 21.4. The predicted octanol–water partition coefficient (Wildman–Crippen LogP) is 5.02. The maximum absolute atomic E-state index is 12.3. The molecule has 2 amide bonds. The average molecular weight is 442 g/mol. The number of rotatable bonds is 5. The lowest BCUT2D eigenvalue weighted by Crippen LogP contribution is -2.18. The van der Waals surface area contributed by atoms with Crippen LogP contribution in [0.25, 0.3) is 0 Å². The van der Waals surface area contributed by atoms with Gasteiger partial charge in [0, 0.05) is 27.4 Å². The Bertz CT molecular complexity index is 1130. The fraction of sp³-hybridized carbons (Fsp3) is 0.0455. The fourth-order valence-corrected chi connectivity index (χ4v) is 3.11. The van der Waals surface area contributed by atoms with Crippen LogP contribution in [0, 0.1) is 6.92 Å². The van der Waals surface area contributed by atoms with Crippen LogP contribution in [0.3, 0.4) is 0 Å². The number of hydrogen-bond acceptors (Lipinski definition) is 4. The summed E-state index contributed by atoms with van der Waals surface area (Å²) in [5.74, 6) is -0.885. The molecule has 152 valence electrons. The summed E-state index contributed by atoms with van der Waals surface area (Å²) >= 11 is 11.7. The third-order valence-electron chi connectivity index (χ3n) is 4.11. The van der Waals surface area contributed by atoms with E-state index < -0.39 is 5.91 Å². The second kappa shape index (κ2) is 9.43. The Morgan fingerprint density at radius 3 is 2.40 bits per heavy atom. The van der Waals surface area contributed by atoms with Crippen molar-refractivity contribution in [3.05, 3.63) is 93.0 Å². The Balaban J connectivity index is 1.62. The number of hydrogen-bond donors (Lipinski definition) is 3. The number of nitrogens with one attached hydrogen (secondary N) is 2. The van der Waals surface area contributed by atoms with Crippen LogP contribution in [-0.2, 0) is 0 Å².